The average Bonchev–Trinajstić information content (AvgIpc) is 2.58. The summed E-state index contributed by atoms with van der Waals surface area (Å²) in [7, 11) is 0. The Bertz CT molecular complexity index is 743. The Morgan fingerprint density at radius 3 is 2.00 bits per heavy atom. The summed E-state index contributed by atoms with van der Waals surface area (Å²) >= 11 is 0. The largest absolute Gasteiger partial charge is 0.508 e. The van der Waals surface area contributed by atoms with Gasteiger partial charge in [-0.3, -0.25) is 0 Å². The summed E-state index contributed by atoms with van der Waals surface area (Å²) in [6.45, 7) is 13.3. The minimum atomic E-state index is 0.0192. The first-order chi connectivity index (χ1) is 11.7. The molecule has 0 radical (unpaired) electrons. The molecule has 0 saturated heterocycles. The normalized spacial score (nSPS) is 12.7. The van der Waals surface area contributed by atoms with Crippen molar-refractivity contribution < 1.29 is 5.11 Å². The second-order valence-electron chi connectivity index (χ2n) is 8.29. The summed E-state index contributed by atoms with van der Waals surface area (Å²) < 4.78 is 0. The van der Waals surface area contributed by atoms with Crippen molar-refractivity contribution >= 4 is 12.2 Å². The molecule has 0 aliphatic heterocycles. The molecule has 1 heteroatoms. The Hall–Kier alpha value is -2.02. The van der Waals surface area contributed by atoms with Gasteiger partial charge in [0.05, 0.1) is 0 Å². The predicted octanol–water partition coefficient (Wildman–Crippen LogP) is 6.94. The topological polar surface area (TPSA) is 20.2 Å². The van der Waals surface area contributed by atoms with Crippen LogP contribution in [0.25, 0.3) is 12.2 Å². The summed E-state index contributed by atoms with van der Waals surface area (Å²) in [4.78, 5) is 0. The van der Waals surface area contributed by atoms with Gasteiger partial charge in [-0.15, -0.1) is 0 Å². The molecule has 0 aliphatic rings. The van der Waals surface area contributed by atoms with Crippen molar-refractivity contribution in [2.45, 2.75) is 65.2 Å². The zero-order valence-corrected chi connectivity index (χ0v) is 16.6. The molecule has 0 amide bonds. The smallest absolute Gasteiger partial charge is 0.116 e. The highest BCUT2D eigenvalue weighted by Gasteiger charge is 2.21. The van der Waals surface area contributed by atoms with Gasteiger partial charge in [0, 0.05) is 0 Å². The zero-order valence-electron chi connectivity index (χ0n) is 16.6. The Morgan fingerprint density at radius 1 is 0.800 bits per heavy atom. The SMILES string of the molecule is CCC(C)(CC)c1cccc(C=Cc2cc(O)cc(C(C)(C)C)c2)c1. The Morgan fingerprint density at radius 2 is 1.40 bits per heavy atom. The van der Waals surface area contributed by atoms with Crippen molar-refractivity contribution in [2.24, 2.45) is 0 Å². The third-order valence-electron chi connectivity index (χ3n) is 5.42. The van der Waals surface area contributed by atoms with Gasteiger partial charge in [-0.2, -0.15) is 0 Å². The molecule has 1 N–H and O–H groups in total. The second kappa shape index (κ2) is 7.47. The molecule has 0 fully saturated rings. The zero-order chi connectivity index (χ0) is 18.7. The molecule has 134 valence electrons. The fourth-order valence-corrected chi connectivity index (χ4v) is 3.03. The summed E-state index contributed by atoms with van der Waals surface area (Å²) in [5.41, 5.74) is 5.02. The Balaban J connectivity index is 2.33. The van der Waals surface area contributed by atoms with Crippen LogP contribution in [0.5, 0.6) is 5.75 Å². The molecule has 1 nitrogen and oxygen atoms in total. The van der Waals surface area contributed by atoms with E-state index in [4.69, 9.17) is 0 Å². The molecule has 25 heavy (non-hydrogen) atoms. The lowest BCUT2D eigenvalue weighted by Gasteiger charge is -2.27. The Kier molecular flexibility index (Phi) is 5.77. The number of phenols is 1. The van der Waals surface area contributed by atoms with E-state index in [1.165, 1.54) is 11.1 Å². The molecule has 0 atom stereocenters. The number of benzene rings is 2. The van der Waals surface area contributed by atoms with Crippen molar-refractivity contribution in [3.05, 3.63) is 64.7 Å². The van der Waals surface area contributed by atoms with Crippen LogP contribution in [0.1, 0.15) is 76.6 Å². The maximum atomic E-state index is 10.0. The number of hydrogen-bond acceptors (Lipinski definition) is 1. The van der Waals surface area contributed by atoms with Gasteiger partial charge >= 0.3 is 0 Å². The molecule has 0 aromatic heterocycles. The molecule has 0 aliphatic carbocycles. The van der Waals surface area contributed by atoms with Crippen LogP contribution in [0.2, 0.25) is 0 Å². The van der Waals surface area contributed by atoms with Crippen LogP contribution in [0.3, 0.4) is 0 Å². The van der Waals surface area contributed by atoms with Crippen molar-refractivity contribution in [3.63, 3.8) is 0 Å². The Labute approximate surface area is 153 Å². The fraction of sp³-hybridized carbons (Fsp3) is 0.417. The summed E-state index contributed by atoms with van der Waals surface area (Å²) in [5.74, 6) is 0.324. The van der Waals surface area contributed by atoms with Gasteiger partial charge in [0.2, 0.25) is 0 Å². The third-order valence-corrected chi connectivity index (χ3v) is 5.42. The lowest BCUT2D eigenvalue weighted by molar-refractivity contribution is 0.439. The van der Waals surface area contributed by atoms with E-state index in [9.17, 15) is 5.11 Å². The van der Waals surface area contributed by atoms with Crippen molar-refractivity contribution in [1.29, 1.82) is 0 Å². The maximum Gasteiger partial charge on any atom is 0.116 e. The van der Waals surface area contributed by atoms with E-state index in [-0.39, 0.29) is 10.8 Å². The number of rotatable bonds is 5. The van der Waals surface area contributed by atoms with Crippen LogP contribution < -0.4 is 0 Å². The van der Waals surface area contributed by atoms with Crippen molar-refractivity contribution in [3.8, 4) is 5.75 Å². The van der Waals surface area contributed by atoms with E-state index < -0.39 is 0 Å². The fourth-order valence-electron chi connectivity index (χ4n) is 3.03. The molecular formula is C24H32O. The molecule has 2 aromatic rings. The molecule has 0 unspecified atom stereocenters. The molecule has 2 rings (SSSR count). The van der Waals surface area contributed by atoms with Crippen LogP contribution in [-0.2, 0) is 10.8 Å². The van der Waals surface area contributed by atoms with E-state index in [1.54, 1.807) is 0 Å². The first kappa shape index (κ1) is 19.3. The lowest BCUT2D eigenvalue weighted by atomic mass is 9.77. The first-order valence-electron chi connectivity index (χ1n) is 9.31. The summed E-state index contributed by atoms with van der Waals surface area (Å²) in [6.07, 6.45) is 6.50. The number of phenolic OH excluding ortho intramolecular Hbond substituents is 1. The van der Waals surface area contributed by atoms with E-state index >= 15 is 0 Å². The van der Waals surface area contributed by atoms with Gasteiger partial charge in [-0.05, 0) is 58.1 Å². The summed E-state index contributed by atoms with van der Waals surface area (Å²) in [5, 5.41) is 10.0. The summed E-state index contributed by atoms with van der Waals surface area (Å²) in [6, 6.07) is 14.6. The van der Waals surface area contributed by atoms with Gasteiger partial charge in [0.1, 0.15) is 5.75 Å². The van der Waals surface area contributed by atoms with Gasteiger partial charge in [0.25, 0.3) is 0 Å². The van der Waals surface area contributed by atoms with E-state index in [0.29, 0.717) is 5.75 Å². The predicted molar refractivity (Wildman–Crippen MR) is 110 cm³/mol. The quantitative estimate of drug-likeness (QED) is 0.586. The van der Waals surface area contributed by atoms with E-state index in [1.807, 2.05) is 12.1 Å². The monoisotopic (exact) mass is 336 g/mol. The van der Waals surface area contributed by atoms with E-state index in [0.717, 1.165) is 24.0 Å². The molecule has 2 aromatic carbocycles. The highest BCUT2D eigenvalue weighted by molar-refractivity contribution is 5.71. The van der Waals surface area contributed by atoms with Crippen LogP contribution in [0.4, 0.5) is 0 Å². The average molecular weight is 337 g/mol. The van der Waals surface area contributed by atoms with Gasteiger partial charge in [-0.1, -0.05) is 84.0 Å². The van der Waals surface area contributed by atoms with Crippen LogP contribution >= 0.6 is 0 Å². The van der Waals surface area contributed by atoms with Crippen LogP contribution in [0.15, 0.2) is 42.5 Å². The van der Waals surface area contributed by atoms with Crippen LogP contribution in [0, 0.1) is 0 Å². The van der Waals surface area contributed by atoms with E-state index in [2.05, 4.69) is 84.0 Å². The molecule has 0 spiro atoms. The minimum absolute atomic E-state index is 0.0192. The number of aromatic hydroxyl groups is 1. The number of hydrogen-bond donors (Lipinski definition) is 1. The van der Waals surface area contributed by atoms with Gasteiger partial charge < -0.3 is 5.11 Å². The second-order valence-corrected chi connectivity index (χ2v) is 8.29. The highest BCUT2D eigenvalue weighted by atomic mass is 16.3. The first-order valence-corrected chi connectivity index (χ1v) is 9.31. The standard InChI is InChI=1S/C24H32O/c1-7-24(6,8-2)20-11-9-10-18(14-20)12-13-19-15-21(23(3,4)5)17-22(25)16-19/h9-17,25H,7-8H2,1-6H3. The lowest BCUT2D eigenvalue weighted by Crippen LogP contribution is -2.19. The molecular weight excluding hydrogens is 304 g/mol. The van der Waals surface area contributed by atoms with Crippen LogP contribution in [-0.4, -0.2) is 5.11 Å². The van der Waals surface area contributed by atoms with Gasteiger partial charge in [-0.25, -0.2) is 0 Å². The molecule has 0 heterocycles. The maximum absolute atomic E-state index is 10.0. The minimum Gasteiger partial charge on any atom is -0.508 e. The molecule has 0 saturated carbocycles. The highest BCUT2D eigenvalue weighted by Crippen LogP contribution is 2.32. The van der Waals surface area contributed by atoms with Gasteiger partial charge in [0.15, 0.2) is 0 Å². The van der Waals surface area contributed by atoms with Crippen molar-refractivity contribution in [2.75, 3.05) is 0 Å². The third kappa shape index (κ3) is 4.75. The molecule has 0 bridgehead atoms. The van der Waals surface area contributed by atoms with Crippen molar-refractivity contribution in [1.82, 2.24) is 0 Å².